The summed E-state index contributed by atoms with van der Waals surface area (Å²) in [7, 11) is 0. The number of aryl methyl sites for hydroxylation is 1. The molecule has 1 unspecified atom stereocenters. The van der Waals surface area contributed by atoms with Gasteiger partial charge in [-0.3, -0.25) is 4.79 Å². The Balaban J connectivity index is 2.06. The van der Waals surface area contributed by atoms with Gasteiger partial charge in [0.05, 0.1) is 17.4 Å². The fraction of sp³-hybridized carbons (Fsp3) is 0.500. The molecule has 0 aliphatic heterocycles. The Morgan fingerprint density at radius 2 is 2.35 bits per heavy atom. The van der Waals surface area contributed by atoms with Crippen molar-refractivity contribution in [1.29, 1.82) is 0 Å². The molecule has 0 bridgehead atoms. The zero-order valence-corrected chi connectivity index (χ0v) is 13.0. The number of esters is 1. The summed E-state index contributed by atoms with van der Waals surface area (Å²) in [5.74, 6) is -0.127. The fourth-order valence-electron chi connectivity index (χ4n) is 2.73. The third-order valence-electron chi connectivity index (χ3n) is 3.86. The van der Waals surface area contributed by atoms with Crippen molar-refractivity contribution in [3.63, 3.8) is 0 Å². The quantitative estimate of drug-likeness (QED) is 0.630. The van der Waals surface area contributed by atoms with Crippen molar-refractivity contribution in [2.75, 3.05) is 6.61 Å². The van der Waals surface area contributed by atoms with Crippen LogP contribution >= 0.6 is 22.9 Å². The predicted octanol–water partition coefficient (Wildman–Crippen LogP) is 3.40. The van der Waals surface area contributed by atoms with Crippen molar-refractivity contribution in [3.8, 4) is 0 Å². The maximum absolute atomic E-state index is 12.2. The van der Waals surface area contributed by atoms with Crippen LogP contribution in [-0.4, -0.2) is 22.5 Å². The molecule has 2 aromatic heterocycles. The van der Waals surface area contributed by atoms with Crippen molar-refractivity contribution in [1.82, 2.24) is 9.97 Å². The molecule has 0 spiro atoms. The standard InChI is InChI=1S/C14H15ClN2O2S/c1-3-19-13(18)14(2)5-4-9-8(6-14)10-11(15)16-7-17-12(10)20-9/h7H,3-6H2,1-2H3. The first kappa shape index (κ1) is 13.8. The molecular weight excluding hydrogens is 296 g/mol. The highest BCUT2D eigenvalue weighted by Gasteiger charge is 2.40. The summed E-state index contributed by atoms with van der Waals surface area (Å²) < 4.78 is 5.22. The monoisotopic (exact) mass is 310 g/mol. The summed E-state index contributed by atoms with van der Waals surface area (Å²) in [6, 6.07) is 0. The number of halogens is 1. The van der Waals surface area contributed by atoms with E-state index in [4.69, 9.17) is 16.3 Å². The van der Waals surface area contributed by atoms with E-state index in [1.54, 1.807) is 11.3 Å². The molecule has 4 nitrogen and oxygen atoms in total. The lowest BCUT2D eigenvalue weighted by atomic mass is 9.75. The van der Waals surface area contributed by atoms with Crippen LogP contribution < -0.4 is 0 Å². The largest absolute Gasteiger partial charge is 0.466 e. The number of thiophene rings is 1. The van der Waals surface area contributed by atoms with E-state index in [2.05, 4.69) is 9.97 Å². The van der Waals surface area contributed by atoms with Gasteiger partial charge < -0.3 is 4.74 Å². The van der Waals surface area contributed by atoms with Crippen molar-refractivity contribution in [3.05, 3.63) is 21.9 Å². The number of hydrogen-bond donors (Lipinski definition) is 0. The van der Waals surface area contributed by atoms with Gasteiger partial charge in [-0.15, -0.1) is 11.3 Å². The van der Waals surface area contributed by atoms with Gasteiger partial charge >= 0.3 is 5.97 Å². The lowest BCUT2D eigenvalue weighted by molar-refractivity contribution is -0.155. The van der Waals surface area contributed by atoms with E-state index in [-0.39, 0.29) is 5.97 Å². The molecule has 0 aromatic carbocycles. The smallest absolute Gasteiger partial charge is 0.312 e. The zero-order chi connectivity index (χ0) is 14.3. The number of ether oxygens (including phenoxy) is 1. The lowest BCUT2D eigenvalue weighted by Crippen LogP contribution is -2.35. The molecule has 6 heteroatoms. The summed E-state index contributed by atoms with van der Waals surface area (Å²) >= 11 is 7.86. The minimum atomic E-state index is -0.476. The third-order valence-corrected chi connectivity index (χ3v) is 5.35. The topological polar surface area (TPSA) is 52.1 Å². The average Bonchev–Trinajstić information content (AvgIpc) is 2.78. The van der Waals surface area contributed by atoms with Crippen LogP contribution in [0.3, 0.4) is 0 Å². The van der Waals surface area contributed by atoms with Crippen LogP contribution in [0.4, 0.5) is 0 Å². The molecule has 0 saturated carbocycles. The number of carbonyl (C=O) groups excluding carboxylic acids is 1. The van der Waals surface area contributed by atoms with Crippen molar-refractivity contribution < 1.29 is 9.53 Å². The highest BCUT2D eigenvalue weighted by atomic mass is 35.5. The number of hydrogen-bond acceptors (Lipinski definition) is 5. The molecule has 1 atom stereocenters. The van der Waals surface area contributed by atoms with Crippen LogP contribution in [0.2, 0.25) is 5.15 Å². The van der Waals surface area contributed by atoms with Crippen LogP contribution in [0.15, 0.2) is 6.33 Å². The van der Waals surface area contributed by atoms with Crippen molar-refractivity contribution in [2.45, 2.75) is 33.1 Å². The number of aromatic nitrogens is 2. The molecule has 0 radical (unpaired) electrons. The Labute approximate surface area is 126 Å². The molecule has 3 rings (SSSR count). The molecule has 0 amide bonds. The number of fused-ring (bicyclic) bond motifs is 3. The number of rotatable bonds is 2. The number of nitrogens with zero attached hydrogens (tertiary/aromatic N) is 2. The Kier molecular flexibility index (Phi) is 3.42. The SMILES string of the molecule is CCOC(=O)C1(C)CCc2sc3ncnc(Cl)c3c2C1. The van der Waals surface area contributed by atoms with Crippen LogP contribution in [0.1, 0.15) is 30.7 Å². The first-order valence-electron chi connectivity index (χ1n) is 6.63. The van der Waals surface area contributed by atoms with Gasteiger partial charge in [0.1, 0.15) is 16.3 Å². The predicted molar refractivity (Wildman–Crippen MR) is 79.2 cm³/mol. The normalized spacial score (nSPS) is 21.8. The van der Waals surface area contributed by atoms with Gasteiger partial charge in [0.2, 0.25) is 0 Å². The third kappa shape index (κ3) is 2.09. The van der Waals surface area contributed by atoms with Gasteiger partial charge in [0.15, 0.2) is 0 Å². The van der Waals surface area contributed by atoms with E-state index < -0.39 is 5.41 Å². The van der Waals surface area contributed by atoms with Crippen LogP contribution in [-0.2, 0) is 22.4 Å². The first-order chi connectivity index (χ1) is 9.55. The van der Waals surface area contributed by atoms with E-state index in [1.807, 2.05) is 13.8 Å². The Hall–Kier alpha value is -1.20. The molecule has 0 N–H and O–H groups in total. The fourth-order valence-corrected chi connectivity index (χ4v) is 4.19. The summed E-state index contributed by atoms with van der Waals surface area (Å²) in [5, 5.41) is 1.38. The van der Waals surface area contributed by atoms with Crippen LogP contribution in [0, 0.1) is 5.41 Å². The first-order valence-corrected chi connectivity index (χ1v) is 7.82. The van der Waals surface area contributed by atoms with Gasteiger partial charge in [-0.05, 0) is 38.7 Å². The summed E-state index contributed by atoms with van der Waals surface area (Å²) in [5.41, 5.74) is 0.647. The van der Waals surface area contributed by atoms with Gasteiger partial charge in [-0.2, -0.15) is 0 Å². The molecule has 0 fully saturated rings. The Morgan fingerprint density at radius 3 is 3.10 bits per heavy atom. The minimum absolute atomic E-state index is 0.127. The second-order valence-electron chi connectivity index (χ2n) is 5.31. The van der Waals surface area contributed by atoms with E-state index in [1.165, 1.54) is 11.2 Å². The van der Waals surface area contributed by atoms with Gasteiger partial charge in [-0.25, -0.2) is 9.97 Å². The molecule has 1 aliphatic rings. The summed E-state index contributed by atoms with van der Waals surface area (Å²) in [4.78, 5) is 22.7. The van der Waals surface area contributed by atoms with Crippen LogP contribution in [0.5, 0.6) is 0 Å². The van der Waals surface area contributed by atoms with E-state index in [0.717, 1.165) is 28.6 Å². The average molecular weight is 311 g/mol. The lowest BCUT2D eigenvalue weighted by Gasteiger charge is -2.31. The highest BCUT2D eigenvalue weighted by molar-refractivity contribution is 7.19. The van der Waals surface area contributed by atoms with Crippen LogP contribution in [0.25, 0.3) is 10.2 Å². The van der Waals surface area contributed by atoms with Gasteiger partial charge in [0.25, 0.3) is 0 Å². The highest BCUT2D eigenvalue weighted by Crippen LogP contribution is 2.44. The van der Waals surface area contributed by atoms with Gasteiger partial charge in [-0.1, -0.05) is 11.6 Å². The maximum Gasteiger partial charge on any atom is 0.312 e. The summed E-state index contributed by atoms with van der Waals surface area (Å²) in [6.07, 6.45) is 3.80. The molecule has 20 heavy (non-hydrogen) atoms. The van der Waals surface area contributed by atoms with E-state index in [0.29, 0.717) is 18.2 Å². The Morgan fingerprint density at radius 1 is 1.55 bits per heavy atom. The molecule has 2 aromatic rings. The van der Waals surface area contributed by atoms with E-state index >= 15 is 0 Å². The maximum atomic E-state index is 12.2. The second-order valence-corrected chi connectivity index (χ2v) is 6.75. The second kappa shape index (κ2) is 4.97. The van der Waals surface area contributed by atoms with Crippen molar-refractivity contribution >= 4 is 39.1 Å². The van der Waals surface area contributed by atoms with Crippen molar-refractivity contribution in [2.24, 2.45) is 5.41 Å². The van der Waals surface area contributed by atoms with E-state index in [9.17, 15) is 4.79 Å². The molecule has 1 aliphatic carbocycles. The minimum Gasteiger partial charge on any atom is -0.466 e. The van der Waals surface area contributed by atoms with Gasteiger partial charge in [0, 0.05) is 4.88 Å². The molecule has 0 saturated heterocycles. The number of carbonyl (C=O) groups is 1. The molecule has 2 heterocycles. The molecule has 106 valence electrons. The molecular formula is C14H15ClN2O2S. The summed E-state index contributed by atoms with van der Waals surface area (Å²) in [6.45, 7) is 4.21. The Bertz CT molecular complexity index is 685. The zero-order valence-electron chi connectivity index (χ0n) is 11.4.